The van der Waals surface area contributed by atoms with Gasteiger partial charge in [-0.3, -0.25) is 19.3 Å². The van der Waals surface area contributed by atoms with Crippen LogP contribution in [0.3, 0.4) is 0 Å². The van der Waals surface area contributed by atoms with Gasteiger partial charge in [-0.15, -0.1) is 0 Å². The predicted octanol–water partition coefficient (Wildman–Crippen LogP) is -0.235. The topological polar surface area (TPSA) is 115 Å². The van der Waals surface area contributed by atoms with E-state index in [1.165, 1.54) is 6.20 Å². The van der Waals surface area contributed by atoms with Gasteiger partial charge >= 0.3 is 0 Å². The molecule has 3 N–H and O–H groups in total. The summed E-state index contributed by atoms with van der Waals surface area (Å²) in [6.07, 6.45) is 2.69. The van der Waals surface area contributed by atoms with Crippen LogP contribution in [0.2, 0.25) is 0 Å². The van der Waals surface area contributed by atoms with Crippen LogP contribution in [0.25, 0.3) is 0 Å². The van der Waals surface area contributed by atoms with Gasteiger partial charge in [0, 0.05) is 0 Å². The van der Waals surface area contributed by atoms with Gasteiger partial charge in [0.2, 0.25) is 17.7 Å². The number of aromatic nitrogens is 1. The largest absolute Gasteiger partial charge is 0.384 e. The summed E-state index contributed by atoms with van der Waals surface area (Å²) in [5, 5.41) is 2.61. The molecule has 23 heavy (non-hydrogen) atoms. The van der Waals surface area contributed by atoms with Gasteiger partial charge in [0.05, 0.1) is 35.9 Å². The standard InChI is InChI=1S/C15H16N4O4/c16-10-4-1-7(5-17-10)18-11(20)6-19-14(21)12-8-2-3-9(23-8)13(12)15(19)22/h1,4-5,8-9,12-13H,2-3,6H2,(H2,16,17)(H,18,20). The quantitative estimate of drug-likeness (QED) is 0.744. The number of carbonyl (C=O) groups is 3. The van der Waals surface area contributed by atoms with Gasteiger partial charge in [0.15, 0.2) is 0 Å². The molecule has 4 unspecified atom stereocenters. The maximum absolute atomic E-state index is 12.4. The minimum absolute atomic E-state index is 0.171. The van der Waals surface area contributed by atoms with Crippen molar-refractivity contribution in [3.8, 4) is 0 Å². The van der Waals surface area contributed by atoms with E-state index < -0.39 is 17.7 Å². The van der Waals surface area contributed by atoms with Crippen molar-refractivity contribution in [1.29, 1.82) is 0 Å². The minimum atomic E-state index is -0.438. The molecule has 0 saturated carbocycles. The van der Waals surface area contributed by atoms with E-state index in [1.807, 2.05) is 0 Å². The summed E-state index contributed by atoms with van der Waals surface area (Å²) >= 11 is 0. The second-order valence-electron chi connectivity index (χ2n) is 6.12. The number of rotatable bonds is 3. The minimum Gasteiger partial charge on any atom is -0.384 e. The van der Waals surface area contributed by atoms with Crippen LogP contribution < -0.4 is 11.1 Å². The Morgan fingerprint density at radius 3 is 2.48 bits per heavy atom. The number of carbonyl (C=O) groups excluding carboxylic acids is 3. The van der Waals surface area contributed by atoms with E-state index in [2.05, 4.69) is 10.3 Å². The number of fused-ring (bicyclic) bond motifs is 5. The molecule has 4 rings (SSSR count). The summed E-state index contributed by atoms with van der Waals surface area (Å²) < 4.78 is 5.65. The van der Waals surface area contributed by atoms with Crippen molar-refractivity contribution < 1.29 is 19.1 Å². The summed E-state index contributed by atoms with van der Waals surface area (Å²) in [6, 6.07) is 3.16. The van der Waals surface area contributed by atoms with Gasteiger partial charge in [0.1, 0.15) is 12.4 Å². The molecule has 3 fully saturated rings. The number of hydrogen-bond acceptors (Lipinski definition) is 6. The number of nitrogens with two attached hydrogens (primary N) is 1. The first-order valence-corrected chi connectivity index (χ1v) is 7.56. The molecule has 3 aliphatic rings. The van der Waals surface area contributed by atoms with Crippen LogP contribution in [0.5, 0.6) is 0 Å². The first-order valence-electron chi connectivity index (χ1n) is 7.56. The van der Waals surface area contributed by atoms with Crippen LogP contribution in [0, 0.1) is 11.8 Å². The average Bonchev–Trinajstić information content (AvgIpc) is 3.19. The highest BCUT2D eigenvalue weighted by Gasteiger charge is 2.62. The van der Waals surface area contributed by atoms with E-state index in [1.54, 1.807) is 12.1 Å². The van der Waals surface area contributed by atoms with E-state index in [9.17, 15) is 14.4 Å². The fraction of sp³-hybridized carbons (Fsp3) is 0.467. The molecule has 1 aromatic rings. The number of likely N-dealkylation sites (tertiary alicyclic amines) is 1. The molecule has 2 bridgehead atoms. The van der Waals surface area contributed by atoms with Gasteiger partial charge in [-0.2, -0.15) is 0 Å². The fourth-order valence-corrected chi connectivity index (χ4v) is 3.75. The fourth-order valence-electron chi connectivity index (χ4n) is 3.75. The SMILES string of the molecule is Nc1ccc(NC(=O)CN2C(=O)C3C4CCC(O4)C3C2=O)cn1. The molecule has 0 aromatic carbocycles. The van der Waals surface area contributed by atoms with Gasteiger partial charge in [-0.1, -0.05) is 0 Å². The van der Waals surface area contributed by atoms with Crippen LogP contribution in [-0.4, -0.2) is 46.4 Å². The Bertz CT molecular complexity index is 661. The van der Waals surface area contributed by atoms with Gasteiger partial charge in [-0.25, -0.2) is 4.98 Å². The number of hydrogen-bond donors (Lipinski definition) is 2. The number of nitrogens with zero attached hydrogens (tertiary/aromatic N) is 2. The van der Waals surface area contributed by atoms with Crippen molar-refractivity contribution in [3.63, 3.8) is 0 Å². The predicted molar refractivity (Wildman–Crippen MR) is 78.9 cm³/mol. The van der Waals surface area contributed by atoms with E-state index in [4.69, 9.17) is 10.5 Å². The Labute approximate surface area is 132 Å². The van der Waals surface area contributed by atoms with E-state index >= 15 is 0 Å². The number of amides is 3. The lowest BCUT2D eigenvalue weighted by atomic mass is 9.81. The summed E-state index contributed by atoms with van der Waals surface area (Å²) in [5.74, 6) is -1.50. The molecule has 3 aliphatic heterocycles. The molecule has 0 aliphatic carbocycles. The van der Waals surface area contributed by atoms with Gasteiger partial charge in [0.25, 0.3) is 0 Å². The molecule has 8 nitrogen and oxygen atoms in total. The second kappa shape index (κ2) is 5.02. The summed E-state index contributed by atoms with van der Waals surface area (Å²) in [6.45, 7) is -0.283. The van der Waals surface area contributed by atoms with Crippen molar-refractivity contribution in [1.82, 2.24) is 9.88 Å². The third kappa shape index (κ3) is 2.17. The molecule has 3 saturated heterocycles. The van der Waals surface area contributed by atoms with Crippen molar-refractivity contribution in [2.45, 2.75) is 25.0 Å². The molecule has 120 valence electrons. The third-order valence-corrected chi connectivity index (χ3v) is 4.75. The summed E-state index contributed by atoms with van der Waals surface area (Å²) in [5.41, 5.74) is 5.94. The number of pyridine rings is 1. The van der Waals surface area contributed by atoms with Crippen molar-refractivity contribution >= 4 is 29.2 Å². The Morgan fingerprint density at radius 1 is 1.26 bits per heavy atom. The molecule has 4 heterocycles. The lowest BCUT2D eigenvalue weighted by Gasteiger charge is -2.17. The van der Waals surface area contributed by atoms with Gasteiger partial charge < -0.3 is 15.8 Å². The van der Waals surface area contributed by atoms with Gasteiger partial charge in [-0.05, 0) is 25.0 Å². The third-order valence-electron chi connectivity index (χ3n) is 4.75. The summed E-state index contributed by atoms with van der Waals surface area (Å²) in [7, 11) is 0. The van der Waals surface area contributed by atoms with Crippen molar-refractivity contribution in [3.05, 3.63) is 18.3 Å². The molecule has 3 amide bonds. The van der Waals surface area contributed by atoms with Crippen LogP contribution in [0.4, 0.5) is 11.5 Å². The number of ether oxygens (including phenoxy) is 1. The highest BCUT2D eigenvalue weighted by molar-refractivity contribution is 6.09. The van der Waals surface area contributed by atoms with Crippen molar-refractivity contribution in [2.24, 2.45) is 11.8 Å². The van der Waals surface area contributed by atoms with E-state index in [0.717, 1.165) is 17.7 Å². The van der Waals surface area contributed by atoms with E-state index in [0.29, 0.717) is 11.5 Å². The monoisotopic (exact) mass is 316 g/mol. The van der Waals surface area contributed by atoms with Crippen molar-refractivity contribution in [2.75, 3.05) is 17.6 Å². The average molecular weight is 316 g/mol. The zero-order valence-electron chi connectivity index (χ0n) is 12.3. The molecule has 4 atom stereocenters. The Hall–Kier alpha value is -2.48. The summed E-state index contributed by atoms with van der Waals surface area (Å²) in [4.78, 5) is 41.9. The zero-order valence-corrected chi connectivity index (χ0v) is 12.3. The first-order chi connectivity index (χ1) is 11.0. The highest BCUT2D eigenvalue weighted by atomic mass is 16.5. The lowest BCUT2D eigenvalue weighted by molar-refractivity contribution is -0.145. The Balaban J connectivity index is 1.44. The smallest absolute Gasteiger partial charge is 0.244 e. The highest BCUT2D eigenvalue weighted by Crippen LogP contribution is 2.48. The first kappa shape index (κ1) is 14.1. The normalized spacial score (nSPS) is 31.6. The second-order valence-corrected chi connectivity index (χ2v) is 6.12. The maximum Gasteiger partial charge on any atom is 0.244 e. The molecule has 1 aromatic heterocycles. The van der Waals surface area contributed by atoms with Crippen LogP contribution >= 0.6 is 0 Å². The number of anilines is 2. The molecular weight excluding hydrogens is 300 g/mol. The van der Waals surface area contributed by atoms with Crippen LogP contribution in [0.1, 0.15) is 12.8 Å². The molecule has 8 heteroatoms. The molecule has 0 spiro atoms. The zero-order chi connectivity index (χ0) is 16.1. The Morgan fingerprint density at radius 2 is 1.91 bits per heavy atom. The molecular formula is C15H16N4O4. The maximum atomic E-state index is 12.4. The Kier molecular flexibility index (Phi) is 3.08. The lowest BCUT2D eigenvalue weighted by Crippen LogP contribution is -2.40. The number of nitrogens with one attached hydrogen (secondary N) is 1. The van der Waals surface area contributed by atoms with Crippen LogP contribution in [0.15, 0.2) is 18.3 Å². The van der Waals surface area contributed by atoms with E-state index in [-0.39, 0.29) is 30.6 Å². The number of imide groups is 1. The van der Waals surface area contributed by atoms with Crippen LogP contribution in [-0.2, 0) is 19.1 Å². The molecule has 0 radical (unpaired) electrons. The number of nitrogen functional groups attached to an aromatic ring is 1.